The molecule has 0 fully saturated rings. The number of aromatic nitrogens is 5. The Bertz CT molecular complexity index is 1280. The fraction of sp³-hybridized carbons (Fsp3) is 0.143. The van der Waals surface area contributed by atoms with Crippen LogP contribution < -0.4 is 5.73 Å². The molecule has 152 valence electrons. The van der Waals surface area contributed by atoms with Crippen molar-refractivity contribution in [2.24, 2.45) is 0 Å². The van der Waals surface area contributed by atoms with E-state index >= 15 is 0 Å². The van der Waals surface area contributed by atoms with Crippen LogP contribution in [-0.2, 0) is 9.84 Å². The summed E-state index contributed by atoms with van der Waals surface area (Å²) >= 11 is 0. The maximum absolute atomic E-state index is 12.3. The number of nitrogens with one attached hydrogen (secondary N) is 1. The fourth-order valence-electron chi connectivity index (χ4n) is 2.99. The second-order valence-corrected chi connectivity index (χ2v) is 9.50. The summed E-state index contributed by atoms with van der Waals surface area (Å²) in [5, 5.41) is 10.6. The fourth-order valence-corrected chi connectivity index (χ4v) is 4.05. The number of nitrogens with two attached hydrogens (primary N) is 1. The van der Waals surface area contributed by atoms with Crippen molar-refractivity contribution in [2.75, 3.05) is 5.73 Å². The zero-order valence-corrected chi connectivity index (χ0v) is 17.3. The van der Waals surface area contributed by atoms with Gasteiger partial charge in [0.25, 0.3) is 0 Å². The second kappa shape index (κ2) is 7.68. The van der Waals surface area contributed by atoms with Gasteiger partial charge in [0.05, 0.1) is 22.0 Å². The Balaban J connectivity index is 1.75. The molecule has 0 aliphatic heterocycles. The van der Waals surface area contributed by atoms with E-state index < -0.39 is 15.1 Å². The van der Waals surface area contributed by atoms with Crippen molar-refractivity contribution in [2.45, 2.75) is 24.0 Å². The number of sulfone groups is 1. The minimum atomic E-state index is -3.34. The maximum atomic E-state index is 12.3. The topological polar surface area (TPSA) is 128 Å². The lowest BCUT2D eigenvalue weighted by atomic mass is 10.1. The molecule has 2 aromatic carbocycles. The molecule has 0 atom stereocenters. The third kappa shape index (κ3) is 3.55. The lowest BCUT2D eigenvalue weighted by molar-refractivity contribution is 0.587. The molecule has 0 spiro atoms. The summed E-state index contributed by atoms with van der Waals surface area (Å²) in [5.74, 6) is 0.226. The van der Waals surface area contributed by atoms with Gasteiger partial charge in [-0.05, 0) is 26.0 Å². The van der Waals surface area contributed by atoms with E-state index in [0.717, 1.165) is 11.1 Å². The molecule has 0 radical (unpaired) electrons. The average molecular weight is 420 g/mol. The van der Waals surface area contributed by atoms with E-state index in [1.807, 2.05) is 30.3 Å². The highest BCUT2D eigenvalue weighted by Gasteiger charge is 2.20. The molecule has 4 aromatic rings. The van der Waals surface area contributed by atoms with Gasteiger partial charge in [-0.1, -0.05) is 42.5 Å². The first kappa shape index (κ1) is 19.7. The number of nitrogen functional groups attached to an aromatic ring is 1. The molecular formula is C21H20N6O2S. The SMILES string of the molecule is CC(C)S(=O)(=O)c1ccc(-c2cnc(N)c(-c3n[nH]nc3-c3ccccc3)n2)cc1. The summed E-state index contributed by atoms with van der Waals surface area (Å²) in [4.78, 5) is 9.17. The number of benzene rings is 2. The minimum Gasteiger partial charge on any atom is -0.382 e. The summed E-state index contributed by atoms with van der Waals surface area (Å²) in [7, 11) is -3.34. The summed E-state index contributed by atoms with van der Waals surface area (Å²) in [5.41, 5.74) is 9.74. The molecule has 0 aliphatic carbocycles. The molecule has 9 heteroatoms. The standard InChI is InChI=1S/C21H20N6O2S/c1-13(2)30(28,29)16-10-8-14(9-11-16)17-12-23-21(22)20(24-17)19-18(25-27-26-19)15-6-4-3-5-7-15/h3-13H,1-2H3,(H2,22,23)(H,25,26,27). The third-order valence-corrected chi connectivity index (χ3v) is 6.89. The van der Waals surface area contributed by atoms with Crippen LogP contribution in [0.25, 0.3) is 33.9 Å². The van der Waals surface area contributed by atoms with Crippen molar-refractivity contribution in [3.8, 4) is 33.9 Å². The van der Waals surface area contributed by atoms with Crippen LogP contribution in [0.2, 0.25) is 0 Å². The molecule has 0 amide bonds. The van der Waals surface area contributed by atoms with Gasteiger partial charge in [-0.3, -0.25) is 0 Å². The molecule has 3 N–H and O–H groups in total. The molecule has 8 nitrogen and oxygen atoms in total. The van der Waals surface area contributed by atoms with Gasteiger partial charge >= 0.3 is 0 Å². The normalized spacial score (nSPS) is 11.7. The van der Waals surface area contributed by atoms with Crippen LogP contribution in [0.15, 0.2) is 65.7 Å². The molecular weight excluding hydrogens is 400 g/mol. The summed E-state index contributed by atoms with van der Waals surface area (Å²) < 4.78 is 24.7. The van der Waals surface area contributed by atoms with Gasteiger partial charge in [-0.2, -0.15) is 15.4 Å². The van der Waals surface area contributed by atoms with E-state index in [9.17, 15) is 8.42 Å². The van der Waals surface area contributed by atoms with Crippen LogP contribution in [0.1, 0.15) is 13.8 Å². The summed E-state index contributed by atoms with van der Waals surface area (Å²) in [6.45, 7) is 3.31. The Morgan fingerprint density at radius 1 is 0.867 bits per heavy atom. The first-order chi connectivity index (χ1) is 14.4. The van der Waals surface area contributed by atoms with Gasteiger partial charge in [-0.25, -0.2) is 18.4 Å². The van der Waals surface area contributed by atoms with Gasteiger partial charge in [0.2, 0.25) is 0 Å². The Kier molecular flexibility index (Phi) is 5.04. The van der Waals surface area contributed by atoms with E-state index in [1.165, 1.54) is 0 Å². The quantitative estimate of drug-likeness (QED) is 0.507. The lowest BCUT2D eigenvalue weighted by Gasteiger charge is -2.09. The zero-order chi connectivity index (χ0) is 21.3. The van der Waals surface area contributed by atoms with Crippen LogP contribution >= 0.6 is 0 Å². The van der Waals surface area contributed by atoms with Crippen LogP contribution in [0.3, 0.4) is 0 Å². The molecule has 0 unspecified atom stereocenters. The first-order valence-corrected chi connectivity index (χ1v) is 10.9. The lowest BCUT2D eigenvalue weighted by Crippen LogP contribution is -2.13. The number of hydrogen-bond donors (Lipinski definition) is 2. The zero-order valence-electron chi connectivity index (χ0n) is 16.4. The van der Waals surface area contributed by atoms with E-state index in [-0.39, 0.29) is 10.7 Å². The van der Waals surface area contributed by atoms with Crippen LogP contribution in [0.5, 0.6) is 0 Å². The minimum absolute atomic E-state index is 0.226. The van der Waals surface area contributed by atoms with Gasteiger partial charge in [0, 0.05) is 11.1 Å². The molecule has 2 heterocycles. The Labute approximate surface area is 174 Å². The second-order valence-electron chi connectivity index (χ2n) is 6.99. The van der Waals surface area contributed by atoms with Crippen molar-refractivity contribution in [3.63, 3.8) is 0 Å². The highest BCUT2D eigenvalue weighted by molar-refractivity contribution is 7.92. The molecule has 0 aliphatic rings. The van der Waals surface area contributed by atoms with Crippen LogP contribution in [0.4, 0.5) is 5.82 Å². The highest BCUT2D eigenvalue weighted by atomic mass is 32.2. The molecule has 0 saturated heterocycles. The average Bonchev–Trinajstić information content (AvgIpc) is 3.24. The number of nitrogens with zero attached hydrogens (tertiary/aromatic N) is 4. The summed E-state index contributed by atoms with van der Waals surface area (Å²) in [6.07, 6.45) is 1.55. The van der Waals surface area contributed by atoms with E-state index in [0.29, 0.717) is 22.8 Å². The van der Waals surface area contributed by atoms with E-state index in [2.05, 4.69) is 25.4 Å². The number of anilines is 1. The maximum Gasteiger partial charge on any atom is 0.180 e. The molecule has 0 saturated carbocycles. The van der Waals surface area contributed by atoms with Crippen molar-refractivity contribution < 1.29 is 8.42 Å². The molecule has 0 bridgehead atoms. The number of rotatable bonds is 5. The molecule has 30 heavy (non-hydrogen) atoms. The summed E-state index contributed by atoms with van der Waals surface area (Å²) in [6, 6.07) is 16.1. The van der Waals surface area contributed by atoms with Crippen LogP contribution in [-0.4, -0.2) is 39.0 Å². The monoisotopic (exact) mass is 420 g/mol. The van der Waals surface area contributed by atoms with Crippen molar-refractivity contribution in [3.05, 3.63) is 60.8 Å². The predicted molar refractivity (Wildman–Crippen MR) is 115 cm³/mol. The van der Waals surface area contributed by atoms with Gasteiger partial charge in [-0.15, -0.1) is 0 Å². The number of aromatic amines is 1. The van der Waals surface area contributed by atoms with Crippen molar-refractivity contribution in [1.82, 2.24) is 25.4 Å². The smallest absolute Gasteiger partial charge is 0.180 e. The largest absolute Gasteiger partial charge is 0.382 e. The van der Waals surface area contributed by atoms with E-state index in [1.54, 1.807) is 44.3 Å². The van der Waals surface area contributed by atoms with Crippen molar-refractivity contribution >= 4 is 15.7 Å². The first-order valence-electron chi connectivity index (χ1n) is 9.31. The number of H-pyrrole nitrogens is 1. The Hall–Kier alpha value is -3.59. The van der Waals surface area contributed by atoms with Crippen molar-refractivity contribution in [1.29, 1.82) is 0 Å². The van der Waals surface area contributed by atoms with Gasteiger partial charge in [0.15, 0.2) is 15.7 Å². The Morgan fingerprint density at radius 3 is 2.20 bits per heavy atom. The third-order valence-electron chi connectivity index (χ3n) is 4.72. The van der Waals surface area contributed by atoms with Gasteiger partial charge in [0.1, 0.15) is 17.1 Å². The molecule has 2 aromatic heterocycles. The van der Waals surface area contributed by atoms with E-state index in [4.69, 9.17) is 5.73 Å². The predicted octanol–water partition coefficient (Wildman–Crippen LogP) is 3.36. The highest BCUT2D eigenvalue weighted by Crippen LogP contribution is 2.31. The van der Waals surface area contributed by atoms with Crippen LogP contribution in [0, 0.1) is 0 Å². The van der Waals surface area contributed by atoms with Gasteiger partial charge < -0.3 is 5.73 Å². The Morgan fingerprint density at radius 2 is 1.53 bits per heavy atom. The molecule has 4 rings (SSSR count). The number of hydrogen-bond acceptors (Lipinski definition) is 7.